The van der Waals surface area contributed by atoms with Crippen molar-refractivity contribution in [1.29, 1.82) is 0 Å². The van der Waals surface area contributed by atoms with Crippen molar-refractivity contribution in [2.24, 2.45) is 0 Å². The third-order valence-electron chi connectivity index (χ3n) is 7.88. The number of nitrogens with zero attached hydrogens (tertiary/aromatic N) is 2. The molecule has 1 atom stereocenters. The molecule has 4 N–H and O–H groups in total. The van der Waals surface area contributed by atoms with Crippen LogP contribution >= 0.6 is 0 Å². The van der Waals surface area contributed by atoms with Gasteiger partial charge < -0.3 is 25.0 Å². The van der Waals surface area contributed by atoms with E-state index in [-0.39, 0.29) is 50.1 Å². The van der Waals surface area contributed by atoms with Crippen molar-refractivity contribution in [1.82, 2.24) is 9.62 Å². The zero-order valence-corrected chi connectivity index (χ0v) is 25.9. The summed E-state index contributed by atoms with van der Waals surface area (Å²) in [5.74, 6) is -0.422. The lowest BCUT2D eigenvalue weighted by Crippen LogP contribution is -2.36. The Bertz CT molecular complexity index is 1620. The fourth-order valence-corrected chi connectivity index (χ4v) is 6.44. The van der Waals surface area contributed by atoms with Crippen LogP contribution in [0.3, 0.4) is 0 Å². The standard InChI is InChI=1S/C32H37N3O10S/c36-17-3-19-46(43,44)33-31(38)28-15-10-25(20-29(28)23-4-1-2-5-23)22-8-13-27(14-9-22)45-18-16-34(32(39)40)21-30(37)24-6-11-26(12-7-24)35(41)42/h6-15,20,23,30,36-37H,1-5,16-19,21H2,(H,33,38)(H,39,40)/t30-/m1/s1. The molecule has 3 aromatic rings. The molecule has 1 fully saturated rings. The second-order valence-corrected chi connectivity index (χ2v) is 12.9. The zero-order valence-electron chi connectivity index (χ0n) is 25.1. The van der Waals surface area contributed by atoms with Crippen molar-refractivity contribution >= 4 is 27.7 Å². The lowest BCUT2D eigenvalue weighted by molar-refractivity contribution is -0.384. The van der Waals surface area contributed by atoms with Crippen molar-refractivity contribution in [3.05, 3.63) is 93.5 Å². The number of nitro benzene ring substituents is 1. The Morgan fingerprint density at radius 1 is 1.02 bits per heavy atom. The van der Waals surface area contributed by atoms with Crippen molar-refractivity contribution < 1.29 is 43.0 Å². The molecular formula is C32H37N3O10S. The van der Waals surface area contributed by atoms with Crippen LogP contribution in [0.25, 0.3) is 11.1 Å². The lowest BCUT2D eigenvalue weighted by Gasteiger charge is -2.22. The molecule has 0 aliphatic heterocycles. The monoisotopic (exact) mass is 655 g/mol. The van der Waals surface area contributed by atoms with Gasteiger partial charge in [-0.15, -0.1) is 0 Å². The molecule has 4 rings (SSSR count). The number of hydrogen-bond acceptors (Lipinski definition) is 9. The number of carbonyl (C=O) groups excluding carboxylic acids is 1. The molecule has 1 aliphatic carbocycles. The quantitative estimate of drug-likeness (QED) is 0.134. The molecule has 0 radical (unpaired) electrons. The van der Waals surface area contributed by atoms with Gasteiger partial charge in [-0.25, -0.2) is 17.9 Å². The van der Waals surface area contributed by atoms with Gasteiger partial charge in [-0.2, -0.15) is 0 Å². The molecule has 3 aromatic carbocycles. The number of aliphatic hydroxyl groups is 2. The van der Waals surface area contributed by atoms with Crippen molar-refractivity contribution in [3.8, 4) is 16.9 Å². The van der Waals surface area contributed by atoms with Crippen molar-refractivity contribution in [2.45, 2.75) is 44.1 Å². The van der Waals surface area contributed by atoms with Crippen LogP contribution in [0.4, 0.5) is 10.5 Å². The van der Waals surface area contributed by atoms with Crippen LogP contribution in [0.5, 0.6) is 5.75 Å². The predicted molar refractivity (Wildman–Crippen MR) is 169 cm³/mol. The summed E-state index contributed by atoms with van der Waals surface area (Å²) < 4.78 is 32.5. The summed E-state index contributed by atoms with van der Waals surface area (Å²) in [5.41, 5.74) is 2.99. The highest BCUT2D eigenvalue weighted by molar-refractivity contribution is 7.90. The number of benzene rings is 3. The molecule has 13 nitrogen and oxygen atoms in total. The van der Waals surface area contributed by atoms with Gasteiger partial charge in [0, 0.05) is 24.3 Å². The largest absolute Gasteiger partial charge is 0.492 e. The highest BCUT2D eigenvalue weighted by atomic mass is 32.2. The number of ether oxygens (including phenoxy) is 1. The van der Waals surface area contributed by atoms with E-state index < -0.39 is 33.1 Å². The number of carbonyl (C=O) groups is 2. The van der Waals surface area contributed by atoms with E-state index in [0.717, 1.165) is 47.3 Å². The third-order valence-corrected chi connectivity index (χ3v) is 9.20. The minimum Gasteiger partial charge on any atom is -0.492 e. The Labute approximate surface area is 266 Å². The summed E-state index contributed by atoms with van der Waals surface area (Å²) in [6, 6.07) is 17.7. The minimum absolute atomic E-state index is 0.00940. The van der Waals surface area contributed by atoms with E-state index in [1.165, 1.54) is 24.3 Å². The highest BCUT2D eigenvalue weighted by Gasteiger charge is 2.25. The van der Waals surface area contributed by atoms with Crippen LogP contribution in [-0.2, 0) is 10.0 Å². The summed E-state index contributed by atoms with van der Waals surface area (Å²) in [6.45, 7) is -0.569. The van der Waals surface area contributed by atoms with Crippen LogP contribution in [0, 0.1) is 10.1 Å². The second kappa shape index (κ2) is 15.7. The number of nitro groups is 1. The zero-order chi connectivity index (χ0) is 33.3. The Morgan fingerprint density at radius 3 is 2.28 bits per heavy atom. The number of amides is 2. The maximum absolute atomic E-state index is 13.0. The normalized spacial score (nSPS) is 14.0. The van der Waals surface area contributed by atoms with Gasteiger partial charge in [-0.3, -0.25) is 14.9 Å². The minimum atomic E-state index is -3.88. The fourth-order valence-electron chi connectivity index (χ4n) is 5.44. The predicted octanol–water partition coefficient (Wildman–Crippen LogP) is 4.45. The third kappa shape index (κ3) is 9.25. The number of aliphatic hydroxyl groups excluding tert-OH is 2. The summed E-state index contributed by atoms with van der Waals surface area (Å²) in [7, 11) is -3.88. The van der Waals surface area contributed by atoms with E-state index in [1.54, 1.807) is 24.3 Å². The van der Waals surface area contributed by atoms with Gasteiger partial charge in [0.05, 0.1) is 29.9 Å². The Morgan fingerprint density at radius 2 is 1.67 bits per heavy atom. The SMILES string of the molecule is O=C(NS(=O)(=O)CCCO)c1ccc(-c2ccc(OCCN(C[C@@H](O)c3ccc([N+](=O)[O-])cc3)C(=O)O)cc2)cc1C1CCCC1. The number of sulfonamides is 1. The molecule has 0 spiro atoms. The van der Waals surface area contributed by atoms with Crippen LogP contribution in [0.1, 0.15) is 65.6 Å². The van der Waals surface area contributed by atoms with Gasteiger partial charge >= 0.3 is 6.09 Å². The molecule has 0 bridgehead atoms. The van der Waals surface area contributed by atoms with Gasteiger partial charge in [0.1, 0.15) is 12.4 Å². The molecule has 14 heteroatoms. The number of non-ortho nitro benzene ring substituents is 1. The van der Waals surface area contributed by atoms with Gasteiger partial charge in [-0.05, 0) is 77.8 Å². The molecular weight excluding hydrogens is 618 g/mol. The molecule has 1 aliphatic rings. The van der Waals surface area contributed by atoms with Crippen LogP contribution in [0.15, 0.2) is 66.7 Å². The van der Waals surface area contributed by atoms with E-state index in [0.29, 0.717) is 16.9 Å². The number of carboxylic acid groups (broad SMARTS) is 1. The van der Waals surface area contributed by atoms with Crippen LogP contribution < -0.4 is 9.46 Å². The molecule has 246 valence electrons. The summed E-state index contributed by atoms with van der Waals surface area (Å²) in [6.07, 6.45) is 1.43. The first-order valence-electron chi connectivity index (χ1n) is 14.9. The fraction of sp³-hybridized carbons (Fsp3) is 0.375. The molecule has 1 saturated carbocycles. The Kier molecular flexibility index (Phi) is 11.7. The van der Waals surface area contributed by atoms with E-state index >= 15 is 0 Å². The van der Waals surface area contributed by atoms with E-state index in [1.807, 2.05) is 18.2 Å². The van der Waals surface area contributed by atoms with Gasteiger partial charge in [0.2, 0.25) is 10.0 Å². The summed E-state index contributed by atoms with van der Waals surface area (Å²) in [4.78, 5) is 36.0. The molecule has 2 amide bonds. The van der Waals surface area contributed by atoms with Gasteiger partial charge in [-0.1, -0.05) is 37.1 Å². The molecule has 0 unspecified atom stereocenters. The molecule has 46 heavy (non-hydrogen) atoms. The van der Waals surface area contributed by atoms with Gasteiger partial charge in [0.25, 0.3) is 11.6 Å². The Hall–Kier alpha value is -4.53. The highest BCUT2D eigenvalue weighted by Crippen LogP contribution is 2.38. The lowest BCUT2D eigenvalue weighted by atomic mass is 9.89. The Balaban J connectivity index is 1.40. The second-order valence-electron chi connectivity index (χ2n) is 11.1. The molecule has 0 heterocycles. The van der Waals surface area contributed by atoms with Crippen molar-refractivity contribution in [3.63, 3.8) is 0 Å². The maximum Gasteiger partial charge on any atom is 0.407 e. The topological polar surface area (TPSA) is 197 Å². The smallest absolute Gasteiger partial charge is 0.407 e. The first-order valence-corrected chi connectivity index (χ1v) is 16.6. The first-order chi connectivity index (χ1) is 22.0. The number of hydrogen-bond donors (Lipinski definition) is 4. The number of nitrogens with one attached hydrogen (secondary N) is 1. The summed E-state index contributed by atoms with van der Waals surface area (Å²) >= 11 is 0. The average Bonchev–Trinajstić information content (AvgIpc) is 3.58. The average molecular weight is 656 g/mol. The van der Waals surface area contributed by atoms with E-state index in [9.17, 15) is 38.3 Å². The van der Waals surface area contributed by atoms with Crippen LogP contribution in [-0.4, -0.2) is 77.6 Å². The molecule has 0 aromatic heterocycles. The van der Waals surface area contributed by atoms with E-state index in [4.69, 9.17) is 9.84 Å². The first kappa shape index (κ1) is 34.3. The summed E-state index contributed by atoms with van der Waals surface area (Å²) in [5, 5.41) is 39.9. The number of rotatable bonds is 15. The van der Waals surface area contributed by atoms with Crippen molar-refractivity contribution in [2.75, 3.05) is 32.1 Å². The van der Waals surface area contributed by atoms with E-state index in [2.05, 4.69) is 4.72 Å². The van der Waals surface area contributed by atoms with Crippen LogP contribution in [0.2, 0.25) is 0 Å². The van der Waals surface area contributed by atoms with Gasteiger partial charge in [0.15, 0.2) is 0 Å². The maximum atomic E-state index is 13.0. The molecule has 0 saturated heterocycles.